The van der Waals surface area contributed by atoms with Crippen molar-refractivity contribution in [2.75, 3.05) is 58.2 Å². The first-order chi connectivity index (χ1) is 14.5. The van der Waals surface area contributed by atoms with Gasteiger partial charge in [0.05, 0.1) is 19.7 Å². The third-order valence-corrected chi connectivity index (χ3v) is 5.94. The molecule has 0 atom stereocenters. The van der Waals surface area contributed by atoms with E-state index in [2.05, 4.69) is 36.1 Å². The lowest BCUT2D eigenvalue weighted by Gasteiger charge is -2.30. The average molecular weight is 416 g/mol. The number of piperidine rings is 1. The van der Waals surface area contributed by atoms with Gasteiger partial charge in [-0.3, -0.25) is 0 Å². The number of benzene rings is 1. The Morgan fingerprint density at radius 3 is 2.43 bits per heavy atom. The number of rotatable bonds is 10. The van der Waals surface area contributed by atoms with Crippen molar-refractivity contribution in [1.82, 2.24) is 14.9 Å². The van der Waals surface area contributed by atoms with Gasteiger partial charge in [-0.1, -0.05) is 26.2 Å². The molecule has 0 amide bonds. The van der Waals surface area contributed by atoms with E-state index in [0.29, 0.717) is 17.5 Å². The summed E-state index contributed by atoms with van der Waals surface area (Å²) >= 11 is 0. The van der Waals surface area contributed by atoms with Gasteiger partial charge in [-0.25, -0.2) is 4.98 Å². The van der Waals surface area contributed by atoms with Gasteiger partial charge in [0.2, 0.25) is 5.95 Å². The highest BCUT2D eigenvalue weighted by Crippen LogP contribution is 2.35. The molecule has 0 aliphatic carbocycles. The maximum absolute atomic E-state index is 5.53. The van der Waals surface area contributed by atoms with Crippen molar-refractivity contribution >= 4 is 22.7 Å². The van der Waals surface area contributed by atoms with Crippen LogP contribution in [0.1, 0.15) is 45.4 Å². The lowest BCUT2D eigenvalue weighted by atomic mass is 10.1. The van der Waals surface area contributed by atoms with E-state index >= 15 is 0 Å². The zero-order chi connectivity index (χ0) is 21.5. The second kappa shape index (κ2) is 10.7. The molecule has 30 heavy (non-hydrogen) atoms. The number of hydrogen-bond donors (Lipinski definition) is 1. The molecule has 1 fully saturated rings. The van der Waals surface area contributed by atoms with Crippen LogP contribution in [0, 0.1) is 0 Å². The fraction of sp³-hybridized carbons (Fsp3) is 0.652. The third-order valence-electron chi connectivity index (χ3n) is 5.94. The summed E-state index contributed by atoms with van der Waals surface area (Å²) in [6, 6.07) is 4.34. The van der Waals surface area contributed by atoms with Crippen LogP contribution in [0.15, 0.2) is 12.1 Å². The predicted molar refractivity (Wildman–Crippen MR) is 124 cm³/mol. The van der Waals surface area contributed by atoms with Crippen LogP contribution in [-0.2, 0) is 0 Å². The summed E-state index contributed by atoms with van der Waals surface area (Å²) in [5.74, 6) is 3.01. The number of anilines is 2. The molecule has 3 rings (SSSR count). The van der Waals surface area contributed by atoms with Crippen LogP contribution >= 0.6 is 0 Å². The highest BCUT2D eigenvalue weighted by Gasteiger charge is 2.20. The van der Waals surface area contributed by atoms with Crippen LogP contribution < -0.4 is 19.7 Å². The van der Waals surface area contributed by atoms with Crippen molar-refractivity contribution in [3.63, 3.8) is 0 Å². The Kier molecular flexibility index (Phi) is 7.96. The molecule has 0 bridgehead atoms. The molecule has 166 valence electrons. The summed E-state index contributed by atoms with van der Waals surface area (Å²) in [6.07, 6.45) is 7.11. The summed E-state index contributed by atoms with van der Waals surface area (Å²) in [4.78, 5) is 14.3. The van der Waals surface area contributed by atoms with Crippen LogP contribution in [0.25, 0.3) is 10.9 Å². The first kappa shape index (κ1) is 22.4. The summed E-state index contributed by atoms with van der Waals surface area (Å²) < 4.78 is 11.0. The van der Waals surface area contributed by atoms with E-state index in [0.717, 1.165) is 61.6 Å². The van der Waals surface area contributed by atoms with Gasteiger partial charge in [-0.05, 0) is 45.5 Å². The molecule has 0 saturated carbocycles. The largest absolute Gasteiger partial charge is 0.493 e. The molecule has 1 aromatic carbocycles. The van der Waals surface area contributed by atoms with Crippen LogP contribution in [-0.4, -0.2) is 68.9 Å². The number of nitrogens with one attached hydrogen (secondary N) is 1. The van der Waals surface area contributed by atoms with Crippen LogP contribution in [0.3, 0.4) is 0 Å². The van der Waals surface area contributed by atoms with E-state index in [1.807, 2.05) is 12.1 Å². The van der Waals surface area contributed by atoms with Crippen LogP contribution in [0.5, 0.6) is 11.5 Å². The molecule has 1 N–H and O–H groups in total. The zero-order valence-corrected chi connectivity index (χ0v) is 19.2. The lowest BCUT2D eigenvalue weighted by molar-refractivity contribution is 0.264. The van der Waals surface area contributed by atoms with Gasteiger partial charge < -0.3 is 24.6 Å². The normalized spacial score (nSPS) is 15.4. The Balaban J connectivity index is 1.92. The van der Waals surface area contributed by atoms with E-state index < -0.39 is 0 Å². The van der Waals surface area contributed by atoms with Gasteiger partial charge in [0.1, 0.15) is 5.82 Å². The fourth-order valence-corrected chi connectivity index (χ4v) is 3.95. The molecular formula is C23H37N5O2. The van der Waals surface area contributed by atoms with Gasteiger partial charge in [0.15, 0.2) is 11.5 Å². The Morgan fingerprint density at radius 2 is 1.77 bits per heavy atom. The van der Waals surface area contributed by atoms with Crippen LogP contribution in [0.4, 0.5) is 11.8 Å². The van der Waals surface area contributed by atoms with E-state index in [1.54, 1.807) is 14.2 Å². The maximum atomic E-state index is 5.53. The summed E-state index contributed by atoms with van der Waals surface area (Å²) in [6.45, 7) is 5.38. The zero-order valence-electron chi connectivity index (χ0n) is 19.2. The quantitative estimate of drug-likeness (QED) is 0.584. The van der Waals surface area contributed by atoms with E-state index in [-0.39, 0.29) is 0 Å². The highest BCUT2D eigenvalue weighted by atomic mass is 16.5. The van der Waals surface area contributed by atoms with Crippen molar-refractivity contribution in [1.29, 1.82) is 0 Å². The van der Waals surface area contributed by atoms with Gasteiger partial charge in [0.25, 0.3) is 0 Å². The number of aromatic nitrogens is 2. The minimum atomic E-state index is 0.412. The lowest BCUT2D eigenvalue weighted by Crippen LogP contribution is -2.37. The second-order valence-electron chi connectivity index (χ2n) is 8.30. The number of fused-ring (bicyclic) bond motifs is 1. The molecule has 0 radical (unpaired) electrons. The van der Waals surface area contributed by atoms with Crippen molar-refractivity contribution < 1.29 is 9.47 Å². The Morgan fingerprint density at radius 1 is 1.07 bits per heavy atom. The summed E-state index contributed by atoms with van der Waals surface area (Å²) in [5, 5.41) is 4.67. The molecule has 1 saturated heterocycles. The van der Waals surface area contributed by atoms with Crippen molar-refractivity contribution in [2.45, 2.75) is 51.5 Å². The topological polar surface area (TPSA) is 62.8 Å². The SMILES string of the molecule is CCCCCCN(C)c1nc(NC2CCN(C)CC2)c2cc(OC)c(OC)cc2n1. The van der Waals surface area contributed by atoms with Gasteiger partial charge in [-0.15, -0.1) is 0 Å². The molecular weight excluding hydrogens is 378 g/mol. The molecule has 1 aliphatic rings. The number of unbranched alkanes of at least 4 members (excludes halogenated alkanes) is 3. The molecule has 2 aromatic rings. The Hall–Kier alpha value is -2.28. The molecule has 0 unspecified atom stereocenters. The predicted octanol–water partition coefficient (Wildman–Crippen LogP) is 4.17. The molecule has 0 spiro atoms. The monoisotopic (exact) mass is 415 g/mol. The molecule has 1 aliphatic heterocycles. The Bertz CT molecular complexity index is 821. The van der Waals surface area contributed by atoms with Crippen molar-refractivity contribution in [3.05, 3.63) is 12.1 Å². The fourth-order valence-electron chi connectivity index (χ4n) is 3.95. The smallest absolute Gasteiger partial charge is 0.227 e. The Labute approximate surface area is 180 Å². The number of nitrogens with zero attached hydrogens (tertiary/aromatic N) is 4. The second-order valence-corrected chi connectivity index (χ2v) is 8.30. The number of hydrogen-bond acceptors (Lipinski definition) is 7. The van der Waals surface area contributed by atoms with Crippen molar-refractivity contribution in [2.24, 2.45) is 0 Å². The van der Waals surface area contributed by atoms with Gasteiger partial charge in [-0.2, -0.15) is 4.98 Å². The molecule has 1 aromatic heterocycles. The summed E-state index contributed by atoms with van der Waals surface area (Å²) in [7, 11) is 7.57. The highest BCUT2D eigenvalue weighted by molar-refractivity contribution is 5.92. The number of methoxy groups -OCH3 is 2. The number of likely N-dealkylation sites (tertiary alicyclic amines) is 1. The molecule has 7 nitrogen and oxygen atoms in total. The molecule has 7 heteroatoms. The van der Waals surface area contributed by atoms with E-state index in [1.165, 1.54) is 19.3 Å². The molecule has 2 heterocycles. The van der Waals surface area contributed by atoms with E-state index in [4.69, 9.17) is 19.4 Å². The minimum absolute atomic E-state index is 0.412. The van der Waals surface area contributed by atoms with Crippen molar-refractivity contribution in [3.8, 4) is 11.5 Å². The third kappa shape index (κ3) is 5.45. The maximum Gasteiger partial charge on any atom is 0.227 e. The minimum Gasteiger partial charge on any atom is -0.493 e. The standard InChI is InChI=1S/C23H37N5O2/c1-6-7-8-9-12-28(3)23-25-19-16-21(30-5)20(29-4)15-18(19)22(26-23)24-17-10-13-27(2)14-11-17/h15-17H,6-14H2,1-5H3,(H,24,25,26). The average Bonchev–Trinajstić information content (AvgIpc) is 2.77. The van der Waals surface area contributed by atoms with Gasteiger partial charge in [0, 0.05) is 31.1 Å². The summed E-state index contributed by atoms with van der Waals surface area (Å²) in [5.41, 5.74) is 0.869. The first-order valence-corrected chi connectivity index (χ1v) is 11.2. The number of ether oxygens (including phenoxy) is 2. The van der Waals surface area contributed by atoms with Gasteiger partial charge >= 0.3 is 0 Å². The first-order valence-electron chi connectivity index (χ1n) is 11.2. The van der Waals surface area contributed by atoms with E-state index in [9.17, 15) is 0 Å². The van der Waals surface area contributed by atoms with Crippen LogP contribution in [0.2, 0.25) is 0 Å².